The monoisotopic (exact) mass is 512 g/mol. The Morgan fingerprint density at radius 1 is 1.06 bits per heavy atom. The first-order chi connectivity index (χ1) is 17.2. The summed E-state index contributed by atoms with van der Waals surface area (Å²) in [6.45, 7) is 5.66. The number of ether oxygens (including phenoxy) is 5. The van der Waals surface area contributed by atoms with E-state index in [1.807, 2.05) is 0 Å². The molecule has 1 aliphatic heterocycles. The number of carbonyl (C=O) groups excluding carboxylic acids is 1. The zero-order valence-corrected chi connectivity index (χ0v) is 19.8. The lowest BCUT2D eigenvalue weighted by Gasteiger charge is -2.40. The molecule has 0 aromatic heterocycles. The first-order valence-corrected chi connectivity index (χ1v) is 11.5. The van der Waals surface area contributed by atoms with Crippen LogP contribution in [0.2, 0.25) is 0 Å². The van der Waals surface area contributed by atoms with Gasteiger partial charge in [0.25, 0.3) is 0 Å². The molecule has 3 rings (SSSR count). The Balaban J connectivity index is 1.35. The van der Waals surface area contributed by atoms with Crippen molar-refractivity contribution in [3.63, 3.8) is 0 Å². The summed E-state index contributed by atoms with van der Waals surface area (Å²) < 4.78 is 75.5. The van der Waals surface area contributed by atoms with Crippen LogP contribution in [0.5, 0.6) is 17.2 Å². The number of alkyl halides is 3. The van der Waals surface area contributed by atoms with Crippen LogP contribution in [0, 0.1) is 11.2 Å². The van der Waals surface area contributed by atoms with Gasteiger partial charge in [-0.25, -0.2) is 9.18 Å². The smallest absolute Gasteiger partial charge is 0.494 e. The fraction of sp³-hybridized carbons (Fsp3) is 0.423. The van der Waals surface area contributed by atoms with Crippen LogP contribution in [0.1, 0.15) is 31.7 Å². The molecule has 6 nitrogen and oxygen atoms in total. The predicted molar refractivity (Wildman–Crippen MR) is 123 cm³/mol. The summed E-state index contributed by atoms with van der Waals surface area (Å²) in [5.41, 5.74) is 0.889. The maximum Gasteiger partial charge on any atom is 0.573 e. The molecule has 0 radical (unpaired) electrons. The zero-order chi connectivity index (χ0) is 26.0. The summed E-state index contributed by atoms with van der Waals surface area (Å²) in [6.07, 6.45) is 0.378. The molecule has 0 aliphatic carbocycles. The number of rotatable bonds is 13. The highest BCUT2D eigenvalue weighted by molar-refractivity contribution is 5.88. The molecule has 0 unspecified atom stereocenters. The molecule has 0 spiro atoms. The van der Waals surface area contributed by atoms with Gasteiger partial charge < -0.3 is 23.7 Å². The average Bonchev–Trinajstić information content (AvgIpc) is 2.80. The summed E-state index contributed by atoms with van der Waals surface area (Å²) in [6, 6.07) is 9.38. The molecule has 1 fully saturated rings. The zero-order valence-electron chi connectivity index (χ0n) is 19.8. The molecule has 0 bridgehead atoms. The number of benzene rings is 2. The van der Waals surface area contributed by atoms with E-state index in [9.17, 15) is 22.4 Å². The van der Waals surface area contributed by atoms with Crippen molar-refractivity contribution in [2.45, 2.75) is 32.5 Å². The van der Waals surface area contributed by atoms with E-state index in [2.05, 4.69) is 11.7 Å². The minimum absolute atomic E-state index is 0.196. The molecule has 2 aromatic carbocycles. The van der Waals surface area contributed by atoms with Crippen LogP contribution in [0.4, 0.5) is 17.6 Å². The largest absolute Gasteiger partial charge is 0.573 e. The Morgan fingerprint density at radius 3 is 2.36 bits per heavy atom. The molecule has 36 heavy (non-hydrogen) atoms. The normalized spacial score (nSPS) is 14.9. The Bertz CT molecular complexity index is 1010. The van der Waals surface area contributed by atoms with Crippen LogP contribution in [-0.2, 0) is 14.3 Å². The number of unbranched alkanes of at least 4 members (excludes halogenated alkanes) is 1. The molecule has 1 aliphatic rings. The number of hydrogen-bond donors (Lipinski definition) is 0. The first-order valence-electron chi connectivity index (χ1n) is 11.5. The van der Waals surface area contributed by atoms with Crippen molar-refractivity contribution in [2.75, 3.05) is 33.0 Å². The standard InChI is InChI=1S/C26H28F4O6/c1-2-25(17-33-18-25)16-32-13-3-4-14-34-20-8-5-19(6-9-20)7-12-24(31)35-21-10-11-23(22(27)15-21)36-26(28,29)30/h5-12,15H,2-4,13-14,16-18H2,1H3/b12-7+. The van der Waals surface area contributed by atoms with Gasteiger partial charge >= 0.3 is 12.3 Å². The SMILES string of the molecule is CCC1(COCCCCOc2ccc(/C=C/C(=O)Oc3ccc(OC(F)(F)F)c(F)c3)cc2)COC1. The van der Waals surface area contributed by atoms with Crippen molar-refractivity contribution in [2.24, 2.45) is 5.41 Å². The number of carbonyl (C=O) groups is 1. The number of halogens is 4. The van der Waals surface area contributed by atoms with Crippen molar-refractivity contribution in [1.29, 1.82) is 0 Å². The van der Waals surface area contributed by atoms with E-state index < -0.39 is 23.9 Å². The molecule has 196 valence electrons. The summed E-state index contributed by atoms with van der Waals surface area (Å²) in [5, 5.41) is 0. The van der Waals surface area contributed by atoms with E-state index in [0.717, 1.165) is 57.3 Å². The maximum atomic E-state index is 13.7. The Kier molecular flexibility index (Phi) is 9.72. The van der Waals surface area contributed by atoms with E-state index in [0.29, 0.717) is 30.6 Å². The van der Waals surface area contributed by atoms with Gasteiger partial charge in [0.15, 0.2) is 11.6 Å². The van der Waals surface area contributed by atoms with Gasteiger partial charge in [0.2, 0.25) is 0 Å². The van der Waals surface area contributed by atoms with Gasteiger partial charge in [0, 0.05) is 24.2 Å². The highest BCUT2D eigenvalue weighted by Crippen LogP contribution is 2.31. The lowest BCUT2D eigenvalue weighted by molar-refractivity contribution is -0.275. The Labute approximate surface area is 206 Å². The number of hydrogen-bond acceptors (Lipinski definition) is 6. The molecule has 0 saturated carbocycles. The van der Waals surface area contributed by atoms with Crippen LogP contribution >= 0.6 is 0 Å². The third-order valence-electron chi connectivity index (χ3n) is 5.57. The van der Waals surface area contributed by atoms with Crippen LogP contribution in [0.25, 0.3) is 6.08 Å². The van der Waals surface area contributed by atoms with Gasteiger partial charge in [-0.2, -0.15) is 0 Å². The highest BCUT2D eigenvalue weighted by Gasteiger charge is 2.36. The fourth-order valence-corrected chi connectivity index (χ4v) is 3.31. The first kappa shape index (κ1) is 27.5. The average molecular weight is 512 g/mol. The third-order valence-corrected chi connectivity index (χ3v) is 5.57. The van der Waals surface area contributed by atoms with E-state index in [1.54, 1.807) is 24.3 Å². The van der Waals surface area contributed by atoms with Crippen molar-refractivity contribution >= 4 is 12.0 Å². The summed E-state index contributed by atoms with van der Waals surface area (Å²) in [4.78, 5) is 11.9. The Morgan fingerprint density at radius 2 is 1.75 bits per heavy atom. The second-order valence-electron chi connectivity index (χ2n) is 8.42. The topological polar surface area (TPSA) is 63.2 Å². The quantitative estimate of drug-likeness (QED) is 0.109. The molecule has 10 heteroatoms. The minimum atomic E-state index is -5.03. The van der Waals surface area contributed by atoms with E-state index in [4.69, 9.17) is 18.9 Å². The molecule has 1 heterocycles. The van der Waals surface area contributed by atoms with Crippen molar-refractivity contribution in [3.05, 3.63) is 59.9 Å². The van der Waals surface area contributed by atoms with Gasteiger partial charge in [-0.3, -0.25) is 0 Å². The molecule has 0 amide bonds. The highest BCUT2D eigenvalue weighted by atomic mass is 19.4. The predicted octanol–water partition coefficient (Wildman–Crippen LogP) is 5.95. The van der Waals surface area contributed by atoms with Crippen LogP contribution in [0.15, 0.2) is 48.5 Å². The van der Waals surface area contributed by atoms with Gasteiger partial charge in [0.05, 0.1) is 26.4 Å². The second kappa shape index (κ2) is 12.7. The van der Waals surface area contributed by atoms with E-state index in [1.165, 1.54) is 6.08 Å². The van der Waals surface area contributed by atoms with Crippen molar-refractivity contribution in [1.82, 2.24) is 0 Å². The second-order valence-corrected chi connectivity index (χ2v) is 8.42. The van der Waals surface area contributed by atoms with Crippen molar-refractivity contribution in [3.8, 4) is 17.2 Å². The maximum absolute atomic E-state index is 13.7. The van der Waals surface area contributed by atoms with Gasteiger partial charge in [0.1, 0.15) is 11.5 Å². The summed E-state index contributed by atoms with van der Waals surface area (Å²) >= 11 is 0. The molecular formula is C26H28F4O6. The third kappa shape index (κ3) is 8.83. The van der Waals surface area contributed by atoms with E-state index >= 15 is 0 Å². The van der Waals surface area contributed by atoms with Crippen LogP contribution in [-0.4, -0.2) is 45.4 Å². The minimum Gasteiger partial charge on any atom is -0.494 e. The lowest BCUT2D eigenvalue weighted by Crippen LogP contribution is -2.45. The Hall–Kier alpha value is -3.11. The van der Waals surface area contributed by atoms with Gasteiger partial charge in [-0.05, 0) is 55.2 Å². The molecule has 0 atom stereocenters. The van der Waals surface area contributed by atoms with Crippen LogP contribution in [0.3, 0.4) is 0 Å². The summed E-state index contributed by atoms with van der Waals surface area (Å²) in [7, 11) is 0. The molecule has 2 aromatic rings. The molecule has 0 N–H and O–H groups in total. The summed E-state index contributed by atoms with van der Waals surface area (Å²) in [5.74, 6) is -2.72. The molecular weight excluding hydrogens is 484 g/mol. The number of esters is 1. The van der Waals surface area contributed by atoms with E-state index in [-0.39, 0.29) is 11.2 Å². The van der Waals surface area contributed by atoms with Crippen LogP contribution < -0.4 is 14.2 Å². The lowest BCUT2D eigenvalue weighted by atomic mass is 9.84. The fourth-order valence-electron chi connectivity index (χ4n) is 3.31. The van der Waals surface area contributed by atoms with Gasteiger partial charge in [-0.1, -0.05) is 19.1 Å². The van der Waals surface area contributed by atoms with Gasteiger partial charge in [-0.15, -0.1) is 13.2 Å². The van der Waals surface area contributed by atoms with Crippen molar-refractivity contribution < 1.29 is 46.0 Å². The molecule has 1 saturated heterocycles.